The zero-order chi connectivity index (χ0) is 13.9. The van der Waals surface area contributed by atoms with Crippen molar-refractivity contribution in [3.05, 3.63) is 51.2 Å². The van der Waals surface area contributed by atoms with Gasteiger partial charge in [-0.05, 0) is 61.4 Å². The van der Waals surface area contributed by atoms with E-state index in [1.165, 1.54) is 36.1 Å². The molecule has 1 aliphatic carbocycles. The molecular formula is C17H19BrOS. The quantitative estimate of drug-likeness (QED) is 0.678. The zero-order valence-corrected chi connectivity index (χ0v) is 14.1. The number of hydrogen-bond donors (Lipinski definition) is 0. The van der Waals surface area contributed by atoms with Crippen LogP contribution in [-0.2, 0) is 19.3 Å². The van der Waals surface area contributed by atoms with Crippen molar-refractivity contribution in [1.29, 1.82) is 0 Å². The lowest BCUT2D eigenvalue weighted by atomic mass is 9.99. The largest absolute Gasteiger partial charge is 0.497 e. The molecule has 1 nitrogen and oxygen atoms in total. The standard InChI is InChI=1S/C17H19BrOS/c1-19-14-8-6-12(7-9-14)10-15(18)17-11-13-4-2-3-5-16(13)20-17/h6-9,11,15H,2-5,10H2,1H3. The van der Waals surface area contributed by atoms with Crippen LogP contribution in [0.25, 0.3) is 0 Å². The second-order valence-electron chi connectivity index (χ2n) is 5.32. The van der Waals surface area contributed by atoms with Gasteiger partial charge in [-0.15, -0.1) is 11.3 Å². The minimum absolute atomic E-state index is 0.423. The van der Waals surface area contributed by atoms with Crippen LogP contribution in [0.4, 0.5) is 0 Å². The minimum atomic E-state index is 0.423. The van der Waals surface area contributed by atoms with Crippen LogP contribution in [0.1, 0.15) is 38.6 Å². The lowest BCUT2D eigenvalue weighted by Gasteiger charge is -2.08. The molecule has 106 valence electrons. The predicted molar refractivity (Wildman–Crippen MR) is 89.3 cm³/mol. The van der Waals surface area contributed by atoms with E-state index < -0.39 is 0 Å². The number of aryl methyl sites for hydroxylation is 2. The molecule has 0 bridgehead atoms. The first-order valence-corrected chi connectivity index (χ1v) is 8.88. The normalized spacial score (nSPS) is 15.7. The Morgan fingerprint density at radius 3 is 2.65 bits per heavy atom. The molecule has 1 heterocycles. The van der Waals surface area contributed by atoms with Gasteiger partial charge in [-0.1, -0.05) is 28.1 Å². The van der Waals surface area contributed by atoms with Gasteiger partial charge >= 0.3 is 0 Å². The van der Waals surface area contributed by atoms with Crippen molar-refractivity contribution >= 4 is 27.3 Å². The van der Waals surface area contributed by atoms with E-state index in [-0.39, 0.29) is 0 Å². The van der Waals surface area contributed by atoms with Crippen LogP contribution >= 0.6 is 27.3 Å². The molecule has 1 aromatic heterocycles. The minimum Gasteiger partial charge on any atom is -0.497 e. The molecule has 0 saturated heterocycles. The summed E-state index contributed by atoms with van der Waals surface area (Å²) in [5.74, 6) is 0.923. The molecule has 0 radical (unpaired) electrons. The lowest BCUT2D eigenvalue weighted by Crippen LogP contribution is -1.96. The number of halogens is 1. The highest BCUT2D eigenvalue weighted by Crippen LogP contribution is 2.37. The average molecular weight is 351 g/mol. The second kappa shape index (κ2) is 6.31. The van der Waals surface area contributed by atoms with Gasteiger partial charge in [0.05, 0.1) is 11.9 Å². The van der Waals surface area contributed by atoms with Crippen LogP contribution in [0.2, 0.25) is 0 Å². The van der Waals surface area contributed by atoms with Gasteiger partial charge in [0.1, 0.15) is 5.75 Å². The van der Waals surface area contributed by atoms with Crippen LogP contribution < -0.4 is 4.74 Å². The fraction of sp³-hybridized carbons (Fsp3) is 0.412. The Morgan fingerprint density at radius 2 is 1.95 bits per heavy atom. The van der Waals surface area contributed by atoms with Gasteiger partial charge < -0.3 is 4.74 Å². The van der Waals surface area contributed by atoms with Crippen molar-refractivity contribution in [2.45, 2.75) is 36.9 Å². The Balaban J connectivity index is 1.71. The van der Waals surface area contributed by atoms with Gasteiger partial charge in [0, 0.05) is 9.75 Å². The van der Waals surface area contributed by atoms with Gasteiger partial charge in [-0.3, -0.25) is 0 Å². The van der Waals surface area contributed by atoms with Crippen molar-refractivity contribution in [2.75, 3.05) is 7.11 Å². The Kier molecular flexibility index (Phi) is 4.47. The Morgan fingerprint density at radius 1 is 1.20 bits per heavy atom. The Labute approximate surface area is 133 Å². The average Bonchev–Trinajstić information content (AvgIpc) is 2.92. The van der Waals surface area contributed by atoms with Gasteiger partial charge in [-0.25, -0.2) is 0 Å². The summed E-state index contributed by atoms with van der Waals surface area (Å²) in [6, 6.07) is 10.8. The lowest BCUT2D eigenvalue weighted by molar-refractivity contribution is 0.414. The number of ether oxygens (including phenoxy) is 1. The number of benzene rings is 1. The molecule has 3 heteroatoms. The van der Waals surface area contributed by atoms with Crippen LogP contribution in [0.15, 0.2) is 30.3 Å². The highest BCUT2D eigenvalue weighted by Gasteiger charge is 2.17. The highest BCUT2D eigenvalue weighted by atomic mass is 79.9. The molecule has 1 atom stereocenters. The van der Waals surface area contributed by atoms with E-state index in [1.807, 2.05) is 23.5 Å². The topological polar surface area (TPSA) is 9.23 Å². The van der Waals surface area contributed by atoms with Crippen molar-refractivity contribution in [3.63, 3.8) is 0 Å². The Bertz CT molecular complexity index is 550. The van der Waals surface area contributed by atoms with E-state index in [9.17, 15) is 0 Å². The van der Waals surface area contributed by atoms with E-state index in [2.05, 4.69) is 34.1 Å². The summed E-state index contributed by atoms with van der Waals surface area (Å²) in [6.07, 6.45) is 6.30. The number of fused-ring (bicyclic) bond motifs is 1. The molecule has 3 rings (SSSR count). The molecule has 0 N–H and O–H groups in total. The number of thiophene rings is 1. The van der Waals surface area contributed by atoms with Crippen molar-refractivity contribution in [2.24, 2.45) is 0 Å². The summed E-state index contributed by atoms with van der Waals surface area (Å²) in [7, 11) is 1.71. The summed E-state index contributed by atoms with van der Waals surface area (Å²) in [4.78, 5) is 3.52. The van der Waals surface area contributed by atoms with Gasteiger partial charge in [0.25, 0.3) is 0 Å². The number of hydrogen-bond acceptors (Lipinski definition) is 2. The maximum Gasteiger partial charge on any atom is 0.118 e. The van der Waals surface area contributed by atoms with E-state index in [0.29, 0.717) is 4.83 Å². The van der Waals surface area contributed by atoms with E-state index in [4.69, 9.17) is 4.74 Å². The molecule has 0 amide bonds. The first kappa shape index (κ1) is 14.2. The summed E-state index contributed by atoms with van der Waals surface area (Å²) >= 11 is 5.86. The maximum absolute atomic E-state index is 5.20. The zero-order valence-electron chi connectivity index (χ0n) is 11.7. The summed E-state index contributed by atoms with van der Waals surface area (Å²) in [5, 5.41) is 0. The molecule has 0 aliphatic heterocycles. The molecule has 1 unspecified atom stereocenters. The van der Waals surface area contributed by atoms with Crippen molar-refractivity contribution in [3.8, 4) is 5.75 Å². The van der Waals surface area contributed by atoms with E-state index >= 15 is 0 Å². The van der Waals surface area contributed by atoms with Crippen LogP contribution in [-0.4, -0.2) is 7.11 Å². The number of methoxy groups -OCH3 is 1. The van der Waals surface area contributed by atoms with Gasteiger partial charge in [0.2, 0.25) is 0 Å². The third-order valence-electron chi connectivity index (χ3n) is 3.90. The molecule has 2 aromatic rings. The fourth-order valence-electron chi connectivity index (χ4n) is 2.74. The third kappa shape index (κ3) is 3.09. The molecule has 1 aromatic carbocycles. The summed E-state index contributed by atoms with van der Waals surface area (Å²) in [5.41, 5.74) is 2.94. The molecule has 0 saturated carbocycles. The third-order valence-corrected chi connectivity index (χ3v) is 6.37. The van der Waals surface area contributed by atoms with Crippen molar-refractivity contribution < 1.29 is 4.74 Å². The molecule has 0 spiro atoms. The Hall–Kier alpha value is -0.800. The summed E-state index contributed by atoms with van der Waals surface area (Å²) in [6.45, 7) is 0. The van der Waals surface area contributed by atoms with Gasteiger partial charge in [-0.2, -0.15) is 0 Å². The number of rotatable bonds is 4. The molecular weight excluding hydrogens is 332 g/mol. The van der Waals surface area contributed by atoms with Crippen LogP contribution in [0, 0.1) is 0 Å². The first-order chi connectivity index (χ1) is 9.76. The SMILES string of the molecule is COc1ccc(CC(Br)c2cc3c(s2)CCCC3)cc1. The van der Waals surface area contributed by atoms with Gasteiger partial charge in [0.15, 0.2) is 0 Å². The molecule has 20 heavy (non-hydrogen) atoms. The molecule has 1 aliphatic rings. The smallest absolute Gasteiger partial charge is 0.118 e. The van der Waals surface area contributed by atoms with E-state index in [0.717, 1.165) is 12.2 Å². The molecule has 0 fully saturated rings. The highest BCUT2D eigenvalue weighted by molar-refractivity contribution is 9.09. The van der Waals surface area contributed by atoms with Crippen LogP contribution in [0.3, 0.4) is 0 Å². The fourth-order valence-corrected chi connectivity index (χ4v) is 4.76. The first-order valence-electron chi connectivity index (χ1n) is 7.15. The maximum atomic E-state index is 5.20. The number of alkyl halides is 1. The monoisotopic (exact) mass is 350 g/mol. The second-order valence-corrected chi connectivity index (χ2v) is 7.60. The summed E-state index contributed by atoms with van der Waals surface area (Å²) < 4.78 is 5.20. The van der Waals surface area contributed by atoms with Crippen molar-refractivity contribution in [1.82, 2.24) is 0 Å². The van der Waals surface area contributed by atoms with Crippen LogP contribution in [0.5, 0.6) is 5.75 Å². The predicted octanol–water partition coefficient (Wildman–Crippen LogP) is 5.31. The van der Waals surface area contributed by atoms with E-state index in [1.54, 1.807) is 17.6 Å².